The van der Waals surface area contributed by atoms with E-state index in [1.54, 1.807) is 6.08 Å². The Morgan fingerprint density at radius 2 is 0.868 bits per heavy atom. The number of hydrogen-bond donors (Lipinski definition) is 7. The summed E-state index contributed by atoms with van der Waals surface area (Å²) in [5.74, 6) is -0.630. The van der Waals surface area contributed by atoms with Gasteiger partial charge in [0.1, 0.15) is 30.5 Å². The number of nitrogens with one attached hydrogen (secondary N) is 1. The molecule has 1 rings (SSSR count). The van der Waals surface area contributed by atoms with E-state index in [-0.39, 0.29) is 6.61 Å². The third-order valence-corrected chi connectivity index (χ3v) is 13.5. The second-order valence-electron chi connectivity index (χ2n) is 19.8. The zero-order valence-corrected chi connectivity index (χ0v) is 43.7. The van der Waals surface area contributed by atoms with E-state index >= 15 is 0 Å². The number of ether oxygens (including phenoxy) is 2. The number of aliphatic hydroxyl groups is 6. The van der Waals surface area contributed by atoms with Crippen molar-refractivity contribution < 1.29 is 44.9 Å². The zero-order valence-electron chi connectivity index (χ0n) is 43.7. The van der Waals surface area contributed by atoms with Gasteiger partial charge in [-0.1, -0.05) is 229 Å². The molecule has 1 aliphatic rings. The van der Waals surface area contributed by atoms with Gasteiger partial charge in [0, 0.05) is 0 Å². The number of amides is 1. The first-order chi connectivity index (χ1) is 33.3. The van der Waals surface area contributed by atoms with Gasteiger partial charge >= 0.3 is 0 Å². The Balaban J connectivity index is 2.22. The van der Waals surface area contributed by atoms with Crippen LogP contribution in [0, 0.1) is 0 Å². The van der Waals surface area contributed by atoms with Crippen LogP contribution in [-0.4, -0.2) is 98.7 Å². The summed E-state index contributed by atoms with van der Waals surface area (Å²) in [4.78, 5) is 13.1. The molecule has 68 heavy (non-hydrogen) atoms. The second-order valence-corrected chi connectivity index (χ2v) is 19.8. The highest BCUT2D eigenvalue weighted by Gasteiger charge is 2.44. The van der Waals surface area contributed by atoms with Crippen molar-refractivity contribution in [2.24, 2.45) is 0 Å². The van der Waals surface area contributed by atoms with Crippen LogP contribution in [0.2, 0.25) is 0 Å². The van der Waals surface area contributed by atoms with Crippen LogP contribution in [0.1, 0.15) is 251 Å². The molecule has 0 bridgehead atoms. The molecule has 1 saturated heterocycles. The second kappa shape index (κ2) is 47.4. The van der Waals surface area contributed by atoms with E-state index in [0.29, 0.717) is 19.3 Å². The molecule has 8 atom stereocenters. The van der Waals surface area contributed by atoms with Crippen LogP contribution in [0.5, 0.6) is 0 Å². The maximum Gasteiger partial charge on any atom is 0.249 e. The van der Waals surface area contributed by atoms with Crippen LogP contribution < -0.4 is 5.32 Å². The fraction of sp³-hybridized carbons (Fsp3) is 0.845. The first kappa shape index (κ1) is 64.1. The first-order valence-electron chi connectivity index (χ1n) is 28.5. The normalized spacial score (nSPS) is 20.4. The maximum atomic E-state index is 13.1. The van der Waals surface area contributed by atoms with E-state index in [1.165, 1.54) is 173 Å². The van der Waals surface area contributed by atoms with E-state index < -0.39 is 61.5 Å². The lowest BCUT2D eigenvalue weighted by molar-refractivity contribution is -0.302. The summed E-state index contributed by atoms with van der Waals surface area (Å²) in [7, 11) is 0. The number of carbonyl (C=O) groups excluding carboxylic acids is 1. The fourth-order valence-corrected chi connectivity index (χ4v) is 8.84. The zero-order chi connectivity index (χ0) is 49.6. The molecule has 7 N–H and O–H groups in total. The van der Waals surface area contributed by atoms with Crippen molar-refractivity contribution in [2.45, 2.75) is 300 Å². The molecule has 398 valence electrons. The summed E-state index contributed by atoms with van der Waals surface area (Å²) in [6.45, 7) is 3.58. The van der Waals surface area contributed by atoms with Crippen LogP contribution in [0.3, 0.4) is 0 Å². The Bertz CT molecular complexity index is 1220. The molecule has 1 aliphatic heterocycles. The molecular formula is C58H107NO9. The lowest BCUT2D eigenvalue weighted by Crippen LogP contribution is -2.60. The molecule has 0 aromatic carbocycles. The predicted octanol–water partition coefficient (Wildman–Crippen LogP) is 12.7. The Kier molecular flexibility index (Phi) is 44.7. The minimum Gasteiger partial charge on any atom is -0.394 e. The smallest absolute Gasteiger partial charge is 0.249 e. The third kappa shape index (κ3) is 36.1. The Morgan fingerprint density at radius 3 is 1.29 bits per heavy atom. The molecule has 1 fully saturated rings. The maximum absolute atomic E-state index is 13.1. The molecule has 10 nitrogen and oxygen atoms in total. The van der Waals surface area contributed by atoms with Crippen molar-refractivity contribution in [3.05, 3.63) is 48.6 Å². The van der Waals surface area contributed by atoms with Gasteiger partial charge < -0.3 is 45.4 Å². The van der Waals surface area contributed by atoms with Crippen molar-refractivity contribution in [3.63, 3.8) is 0 Å². The molecule has 0 radical (unpaired) electrons. The molecule has 1 amide bonds. The third-order valence-electron chi connectivity index (χ3n) is 13.5. The number of hydrogen-bond acceptors (Lipinski definition) is 9. The lowest BCUT2D eigenvalue weighted by atomic mass is 9.99. The Morgan fingerprint density at radius 1 is 0.500 bits per heavy atom. The van der Waals surface area contributed by atoms with Gasteiger partial charge in [-0.25, -0.2) is 0 Å². The van der Waals surface area contributed by atoms with Gasteiger partial charge in [-0.15, -0.1) is 0 Å². The molecule has 0 saturated carbocycles. The average molecular weight is 962 g/mol. The summed E-state index contributed by atoms with van der Waals surface area (Å²) < 4.78 is 11.2. The number of rotatable bonds is 48. The van der Waals surface area contributed by atoms with Crippen molar-refractivity contribution in [1.82, 2.24) is 5.32 Å². The molecule has 8 unspecified atom stereocenters. The number of allylic oxidation sites excluding steroid dienone is 7. The van der Waals surface area contributed by atoms with E-state index in [2.05, 4.69) is 55.6 Å². The van der Waals surface area contributed by atoms with E-state index in [4.69, 9.17) is 9.47 Å². The topological polar surface area (TPSA) is 169 Å². The fourth-order valence-electron chi connectivity index (χ4n) is 8.84. The highest BCUT2D eigenvalue weighted by atomic mass is 16.7. The minimum absolute atomic E-state index is 0.300. The SMILES string of the molecule is CCCCCC/C=C/CC/C=C/CC/C=C/C(O)C(COC1OC(CO)C(O)C(O)C1O)NC(=O)C(O)CCCCCCCCCCCCCCC/C=C\CCCCCCCCCCCCCC. The summed E-state index contributed by atoms with van der Waals surface area (Å²) in [6.07, 6.45) is 52.3. The van der Waals surface area contributed by atoms with Crippen LogP contribution >= 0.6 is 0 Å². The van der Waals surface area contributed by atoms with Crippen molar-refractivity contribution in [3.8, 4) is 0 Å². The van der Waals surface area contributed by atoms with E-state index in [9.17, 15) is 35.4 Å². The van der Waals surface area contributed by atoms with Crippen LogP contribution in [0.4, 0.5) is 0 Å². The van der Waals surface area contributed by atoms with Gasteiger partial charge in [-0.2, -0.15) is 0 Å². The predicted molar refractivity (Wildman–Crippen MR) is 282 cm³/mol. The van der Waals surface area contributed by atoms with Crippen molar-refractivity contribution >= 4 is 5.91 Å². The van der Waals surface area contributed by atoms with Crippen molar-refractivity contribution in [1.29, 1.82) is 0 Å². The monoisotopic (exact) mass is 962 g/mol. The number of unbranched alkanes of at least 4 members (excludes halogenated alkanes) is 31. The largest absolute Gasteiger partial charge is 0.394 e. The molecule has 0 spiro atoms. The van der Waals surface area contributed by atoms with E-state index in [0.717, 1.165) is 44.9 Å². The Hall–Kier alpha value is -1.89. The molecule has 0 aromatic rings. The highest BCUT2D eigenvalue weighted by molar-refractivity contribution is 5.80. The lowest BCUT2D eigenvalue weighted by Gasteiger charge is -2.40. The van der Waals surface area contributed by atoms with Crippen LogP contribution in [0.15, 0.2) is 48.6 Å². The van der Waals surface area contributed by atoms with Gasteiger partial charge in [-0.05, 0) is 70.6 Å². The molecule has 10 heteroatoms. The molecular weight excluding hydrogens is 855 g/mol. The highest BCUT2D eigenvalue weighted by Crippen LogP contribution is 2.23. The average Bonchev–Trinajstić information content (AvgIpc) is 3.34. The van der Waals surface area contributed by atoms with Crippen molar-refractivity contribution in [2.75, 3.05) is 13.2 Å². The molecule has 0 aliphatic carbocycles. The summed E-state index contributed by atoms with van der Waals surface area (Å²) in [5.41, 5.74) is 0. The summed E-state index contributed by atoms with van der Waals surface area (Å²) in [6, 6.07) is -1.00. The van der Waals surface area contributed by atoms with Crippen LogP contribution in [-0.2, 0) is 14.3 Å². The number of carbonyl (C=O) groups is 1. The summed E-state index contributed by atoms with van der Waals surface area (Å²) >= 11 is 0. The van der Waals surface area contributed by atoms with Gasteiger partial charge in [0.15, 0.2) is 6.29 Å². The standard InChI is InChI=1S/C58H107NO9/c1-3-5-7-9-11-13-15-17-19-20-21-22-23-24-25-26-27-28-29-30-31-32-33-35-37-39-41-43-45-47-52(62)57(66)59-50(49-67-58-56(65)55(64)54(63)53(48-60)68-58)51(61)46-44-42-40-38-36-34-18-16-14-12-10-8-6-4-2/h14,16,24-25,36,38,44,46,50-56,58,60-65H,3-13,15,17-23,26-35,37,39-43,45,47-49H2,1-2H3,(H,59,66)/b16-14+,25-24-,38-36+,46-44+. The van der Waals surface area contributed by atoms with Gasteiger partial charge in [0.2, 0.25) is 5.91 Å². The first-order valence-corrected chi connectivity index (χ1v) is 28.5. The van der Waals surface area contributed by atoms with Gasteiger partial charge in [0.05, 0.1) is 25.4 Å². The molecule has 0 aromatic heterocycles. The summed E-state index contributed by atoms with van der Waals surface area (Å²) in [5, 5.41) is 64.9. The minimum atomic E-state index is -1.62. The quantitative estimate of drug-likeness (QED) is 0.0232. The molecule has 1 heterocycles. The Labute approximate surface area is 416 Å². The van der Waals surface area contributed by atoms with Gasteiger partial charge in [-0.3, -0.25) is 4.79 Å². The van der Waals surface area contributed by atoms with Crippen LogP contribution in [0.25, 0.3) is 0 Å². The van der Waals surface area contributed by atoms with Gasteiger partial charge in [0.25, 0.3) is 0 Å². The number of aliphatic hydroxyl groups excluding tert-OH is 6. The van der Waals surface area contributed by atoms with E-state index in [1.807, 2.05) is 6.08 Å².